The standard InChI is InChI=1S/C11H13N5O3S2/c1-15-11(13-4-14-15)21-3-5-2-20-9-6(12)8(17)16(9)7(5)10(18)19/h4,6,9H,2-3,12H2,1H3,(H,18,19). The molecule has 2 aliphatic heterocycles. The second kappa shape index (κ2) is 5.35. The Morgan fingerprint density at radius 2 is 2.43 bits per heavy atom. The van der Waals surface area contributed by atoms with Gasteiger partial charge in [0.15, 0.2) is 5.16 Å². The van der Waals surface area contributed by atoms with Crippen LogP contribution in [-0.4, -0.2) is 59.6 Å². The second-order valence-electron chi connectivity index (χ2n) is 4.65. The van der Waals surface area contributed by atoms with Crippen molar-refractivity contribution in [3.05, 3.63) is 17.6 Å². The van der Waals surface area contributed by atoms with Crippen LogP contribution in [0.1, 0.15) is 0 Å². The molecule has 2 atom stereocenters. The molecule has 2 unspecified atom stereocenters. The molecule has 8 nitrogen and oxygen atoms in total. The highest BCUT2D eigenvalue weighted by molar-refractivity contribution is 8.01. The van der Waals surface area contributed by atoms with E-state index < -0.39 is 12.0 Å². The number of aliphatic carboxylic acids is 1. The number of hydrogen-bond acceptors (Lipinski definition) is 7. The van der Waals surface area contributed by atoms with E-state index in [2.05, 4.69) is 10.1 Å². The van der Waals surface area contributed by atoms with Crippen LogP contribution in [0.5, 0.6) is 0 Å². The number of thioether (sulfide) groups is 2. The number of carboxylic acid groups (broad SMARTS) is 1. The maximum atomic E-state index is 11.8. The summed E-state index contributed by atoms with van der Waals surface area (Å²) in [5.74, 6) is -0.415. The Hall–Kier alpha value is -1.52. The maximum Gasteiger partial charge on any atom is 0.352 e. The molecule has 3 rings (SSSR count). The quantitative estimate of drug-likeness (QED) is 0.561. The molecule has 1 fully saturated rings. The van der Waals surface area contributed by atoms with Gasteiger partial charge in [-0.2, -0.15) is 5.10 Å². The summed E-state index contributed by atoms with van der Waals surface area (Å²) in [6, 6.07) is -0.600. The molecule has 0 saturated carbocycles. The number of carbonyl (C=O) groups is 2. The lowest BCUT2D eigenvalue weighted by Gasteiger charge is -2.48. The number of aryl methyl sites for hydroxylation is 1. The van der Waals surface area contributed by atoms with Crippen LogP contribution in [0.2, 0.25) is 0 Å². The summed E-state index contributed by atoms with van der Waals surface area (Å²) in [6.07, 6.45) is 1.44. The topological polar surface area (TPSA) is 114 Å². The first kappa shape index (κ1) is 14.4. The van der Waals surface area contributed by atoms with Crippen LogP contribution in [-0.2, 0) is 16.6 Å². The highest BCUT2D eigenvalue weighted by Crippen LogP contribution is 2.40. The molecular formula is C11H13N5O3S2. The van der Waals surface area contributed by atoms with Crippen LogP contribution < -0.4 is 5.73 Å². The van der Waals surface area contributed by atoms with Gasteiger partial charge in [-0.05, 0) is 5.57 Å². The fourth-order valence-corrected chi connectivity index (χ4v) is 4.58. The Balaban J connectivity index is 1.83. The summed E-state index contributed by atoms with van der Waals surface area (Å²) in [4.78, 5) is 28.7. The van der Waals surface area contributed by atoms with Crippen molar-refractivity contribution >= 4 is 35.4 Å². The minimum Gasteiger partial charge on any atom is -0.477 e. The van der Waals surface area contributed by atoms with Gasteiger partial charge in [0, 0.05) is 18.6 Å². The van der Waals surface area contributed by atoms with Crippen molar-refractivity contribution < 1.29 is 14.7 Å². The number of hydrogen-bond donors (Lipinski definition) is 2. The zero-order valence-electron chi connectivity index (χ0n) is 11.1. The number of aromatic nitrogens is 3. The molecule has 21 heavy (non-hydrogen) atoms. The zero-order valence-corrected chi connectivity index (χ0v) is 12.7. The van der Waals surface area contributed by atoms with Gasteiger partial charge in [0.05, 0.1) is 0 Å². The number of β-lactam (4-membered cyclic amide) rings is 1. The second-order valence-corrected chi connectivity index (χ2v) is 6.70. The average Bonchev–Trinajstić information content (AvgIpc) is 2.88. The van der Waals surface area contributed by atoms with Gasteiger partial charge >= 0.3 is 5.97 Å². The first-order chi connectivity index (χ1) is 10.0. The summed E-state index contributed by atoms with van der Waals surface area (Å²) >= 11 is 2.89. The first-order valence-corrected chi connectivity index (χ1v) is 8.16. The highest BCUT2D eigenvalue weighted by atomic mass is 32.2. The lowest BCUT2D eigenvalue weighted by Crippen LogP contribution is -2.68. The monoisotopic (exact) mass is 327 g/mol. The summed E-state index contributed by atoms with van der Waals surface area (Å²) in [5, 5.41) is 13.8. The molecule has 1 aromatic rings. The molecule has 2 aliphatic rings. The Morgan fingerprint density at radius 3 is 3.05 bits per heavy atom. The fraction of sp³-hybridized carbons (Fsp3) is 0.455. The molecule has 0 aliphatic carbocycles. The third-order valence-electron chi connectivity index (χ3n) is 3.34. The molecule has 3 heterocycles. The van der Waals surface area contributed by atoms with Gasteiger partial charge in [-0.3, -0.25) is 9.69 Å². The maximum absolute atomic E-state index is 11.8. The number of carbonyl (C=O) groups excluding carboxylic acids is 1. The summed E-state index contributed by atoms with van der Waals surface area (Å²) in [6.45, 7) is 0. The lowest BCUT2D eigenvalue weighted by molar-refractivity contribution is -0.147. The SMILES string of the molecule is Cn1ncnc1SCC1=C(C(=O)O)N2C(=O)C(N)C2SC1. The minimum absolute atomic E-state index is 0.0696. The van der Waals surface area contributed by atoms with Crippen molar-refractivity contribution in [2.45, 2.75) is 16.6 Å². The van der Waals surface area contributed by atoms with Gasteiger partial charge in [-0.1, -0.05) is 11.8 Å². The summed E-state index contributed by atoms with van der Waals surface area (Å²) < 4.78 is 1.62. The Morgan fingerprint density at radius 1 is 1.67 bits per heavy atom. The fourth-order valence-electron chi connectivity index (χ4n) is 2.26. The molecule has 0 radical (unpaired) electrons. The van der Waals surface area contributed by atoms with E-state index in [9.17, 15) is 14.7 Å². The Kier molecular flexibility index (Phi) is 3.68. The number of amides is 1. The summed E-state index contributed by atoms with van der Waals surface area (Å²) in [5.41, 5.74) is 6.48. The van der Waals surface area contributed by atoms with Crippen LogP contribution in [0.15, 0.2) is 22.8 Å². The van der Waals surface area contributed by atoms with Crippen molar-refractivity contribution in [2.75, 3.05) is 11.5 Å². The molecule has 3 N–H and O–H groups in total. The van der Waals surface area contributed by atoms with Gasteiger partial charge in [0.2, 0.25) is 5.91 Å². The van der Waals surface area contributed by atoms with Crippen LogP contribution in [0.25, 0.3) is 0 Å². The Bertz CT molecular complexity index is 644. The number of nitrogens with zero attached hydrogens (tertiary/aromatic N) is 4. The number of carboxylic acids is 1. The van der Waals surface area contributed by atoms with Gasteiger partial charge in [-0.15, -0.1) is 11.8 Å². The third-order valence-corrected chi connectivity index (χ3v) is 5.82. The van der Waals surface area contributed by atoms with Crippen LogP contribution in [0.3, 0.4) is 0 Å². The largest absolute Gasteiger partial charge is 0.477 e. The van der Waals surface area contributed by atoms with Crippen molar-refractivity contribution in [1.82, 2.24) is 19.7 Å². The highest BCUT2D eigenvalue weighted by Gasteiger charge is 2.51. The van der Waals surface area contributed by atoms with E-state index in [1.54, 1.807) is 11.7 Å². The molecule has 0 aromatic carbocycles. The molecule has 1 saturated heterocycles. The van der Waals surface area contributed by atoms with Crippen LogP contribution in [0, 0.1) is 0 Å². The van der Waals surface area contributed by atoms with Gasteiger partial charge < -0.3 is 10.8 Å². The van der Waals surface area contributed by atoms with Crippen molar-refractivity contribution in [3.63, 3.8) is 0 Å². The molecule has 10 heteroatoms. The van der Waals surface area contributed by atoms with Crippen molar-refractivity contribution in [3.8, 4) is 0 Å². The van der Waals surface area contributed by atoms with E-state index in [1.165, 1.54) is 34.8 Å². The van der Waals surface area contributed by atoms with Gasteiger partial charge in [-0.25, -0.2) is 14.5 Å². The van der Waals surface area contributed by atoms with E-state index in [4.69, 9.17) is 5.73 Å². The molecule has 1 amide bonds. The first-order valence-electron chi connectivity index (χ1n) is 6.13. The third kappa shape index (κ3) is 2.32. The van der Waals surface area contributed by atoms with Crippen molar-refractivity contribution in [2.24, 2.45) is 12.8 Å². The van der Waals surface area contributed by atoms with Crippen LogP contribution >= 0.6 is 23.5 Å². The molecule has 0 spiro atoms. The van der Waals surface area contributed by atoms with E-state index in [0.717, 1.165) is 0 Å². The molecule has 0 bridgehead atoms. The average molecular weight is 327 g/mol. The minimum atomic E-state index is -1.09. The van der Waals surface area contributed by atoms with E-state index in [1.807, 2.05) is 0 Å². The van der Waals surface area contributed by atoms with E-state index >= 15 is 0 Å². The Labute approximate surface area is 128 Å². The smallest absolute Gasteiger partial charge is 0.352 e. The summed E-state index contributed by atoms with van der Waals surface area (Å²) in [7, 11) is 1.77. The number of rotatable bonds is 4. The zero-order chi connectivity index (χ0) is 15.1. The van der Waals surface area contributed by atoms with Crippen LogP contribution in [0.4, 0.5) is 0 Å². The number of fused-ring (bicyclic) bond motifs is 1. The van der Waals surface area contributed by atoms with Gasteiger partial charge in [0.1, 0.15) is 23.4 Å². The molecular weight excluding hydrogens is 314 g/mol. The van der Waals surface area contributed by atoms with E-state index in [-0.39, 0.29) is 17.0 Å². The van der Waals surface area contributed by atoms with Gasteiger partial charge in [0.25, 0.3) is 0 Å². The predicted molar refractivity (Wildman–Crippen MR) is 77.5 cm³/mol. The lowest BCUT2D eigenvalue weighted by atomic mass is 10.0. The normalized spacial score (nSPS) is 24.9. The molecule has 112 valence electrons. The molecule has 1 aromatic heterocycles. The van der Waals surface area contributed by atoms with Crippen molar-refractivity contribution in [1.29, 1.82) is 0 Å². The number of nitrogens with two attached hydrogens (primary N) is 1. The van der Waals surface area contributed by atoms with E-state index in [0.29, 0.717) is 22.2 Å². The predicted octanol–water partition coefficient (Wildman–Crippen LogP) is -0.512.